The van der Waals surface area contributed by atoms with Crippen LogP contribution in [0.1, 0.15) is 44.1 Å². The highest BCUT2D eigenvalue weighted by molar-refractivity contribution is 5.73. The predicted octanol–water partition coefficient (Wildman–Crippen LogP) is 2.65. The molecule has 0 aliphatic rings. The van der Waals surface area contributed by atoms with Gasteiger partial charge in [-0.3, -0.25) is 9.48 Å². The zero-order valence-corrected chi connectivity index (χ0v) is 12.1. The van der Waals surface area contributed by atoms with Gasteiger partial charge >= 0.3 is 5.97 Å². The molecule has 4 nitrogen and oxygen atoms in total. The van der Waals surface area contributed by atoms with Gasteiger partial charge < -0.3 is 4.74 Å². The van der Waals surface area contributed by atoms with Crippen LogP contribution in [-0.4, -0.2) is 22.4 Å². The number of nitrogens with zero attached hydrogens (tertiary/aromatic N) is 2. The smallest absolute Gasteiger partial charge is 0.310 e. The van der Waals surface area contributed by atoms with Crippen LogP contribution in [0.15, 0.2) is 0 Å². The van der Waals surface area contributed by atoms with E-state index < -0.39 is 0 Å². The third-order valence-corrected chi connectivity index (χ3v) is 3.08. The van der Waals surface area contributed by atoms with Gasteiger partial charge in [0.05, 0.1) is 18.7 Å². The normalized spacial score (nSPS) is 11.0. The Morgan fingerprint density at radius 1 is 1.39 bits per heavy atom. The van der Waals surface area contributed by atoms with Gasteiger partial charge in [-0.1, -0.05) is 13.8 Å². The fourth-order valence-corrected chi connectivity index (χ4v) is 1.94. The molecule has 1 aromatic heterocycles. The molecule has 4 heteroatoms. The Kier molecular flexibility index (Phi) is 5.38. The molecule has 0 aliphatic heterocycles. The van der Waals surface area contributed by atoms with Gasteiger partial charge in [0.2, 0.25) is 0 Å². The molecule has 0 fully saturated rings. The van der Waals surface area contributed by atoms with E-state index in [1.54, 1.807) is 0 Å². The monoisotopic (exact) mass is 252 g/mol. The van der Waals surface area contributed by atoms with Crippen LogP contribution in [0.25, 0.3) is 0 Å². The first-order valence-electron chi connectivity index (χ1n) is 6.64. The Labute approximate surface area is 109 Å². The Morgan fingerprint density at radius 3 is 2.61 bits per heavy atom. The van der Waals surface area contributed by atoms with Crippen LogP contribution < -0.4 is 0 Å². The molecular formula is C14H24N2O2. The van der Waals surface area contributed by atoms with Crippen molar-refractivity contribution in [1.82, 2.24) is 9.78 Å². The quantitative estimate of drug-likeness (QED) is 0.731. The van der Waals surface area contributed by atoms with Gasteiger partial charge in [0, 0.05) is 17.8 Å². The molecule has 0 spiro atoms. The fraction of sp³-hybridized carbons (Fsp3) is 0.714. The molecule has 0 saturated heterocycles. The summed E-state index contributed by atoms with van der Waals surface area (Å²) in [7, 11) is 0. The zero-order valence-electron chi connectivity index (χ0n) is 12.1. The van der Waals surface area contributed by atoms with Crippen molar-refractivity contribution in [3.63, 3.8) is 0 Å². The van der Waals surface area contributed by atoms with E-state index in [0.717, 1.165) is 29.9 Å². The highest BCUT2D eigenvalue weighted by Gasteiger charge is 2.15. The number of carbonyl (C=O) groups is 1. The molecule has 102 valence electrons. The lowest BCUT2D eigenvalue weighted by atomic mass is 10.1. The highest BCUT2D eigenvalue weighted by Crippen LogP contribution is 2.15. The van der Waals surface area contributed by atoms with Crippen LogP contribution in [0.3, 0.4) is 0 Å². The maximum atomic E-state index is 11.5. The summed E-state index contributed by atoms with van der Waals surface area (Å²) in [5.74, 6) is 0.481. The number of ether oxygens (including phenoxy) is 1. The number of carbonyl (C=O) groups excluding carboxylic acids is 1. The van der Waals surface area contributed by atoms with Crippen molar-refractivity contribution in [3.05, 3.63) is 17.0 Å². The fourth-order valence-electron chi connectivity index (χ4n) is 1.94. The van der Waals surface area contributed by atoms with E-state index in [9.17, 15) is 4.79 Å². The molecule has 1 rings (SSSR count). The number of aromatic nitrogens is 2. The standard InChI is InChI=1S/C14H24N2O2/c1-6-18-14(17)9-13-11(4)15-16(12(13)5)8-7-10(2)3/h10H,6-9H2,1-5H3. The summed E-state index contributed by atoms with van der Waals surface area (Å²) < 4.78 is 6.99. The first-order chi connectivity index (χ1) is 8.45. The molecule has 0 aromatic carbocycles. The Morgan fingerprint density at radius 2 is 2.06 bits per heavy atom. The number of hydrogen-bond acceptors (Lipinski definition) is 3. The average Bonchev–Trinajstić information content (AvgIpc) is 2.54. The first kappa shape index (κ1) is 14.7. The number of hydrogen-bond donors (Lipinski definition) is 0. The average molecular weight is 252 g/mol. The molecule has 0 radical (unpaired) electrons. The van der Waals surface area contributed by atoms with E-state index in [1.165, 1.54) is 0 Å². The minimum atomic E-state index is -0.174. The second-order valence-corrected chi connectivity index (χ2v) is 5.04. The van der Waals surface area contributed by atoms with Crippen molar-refractivity contribution in [2.24, 2.45) is 5.92 Å². The third-order valence-electron chi connectivity index (χ3n) is 3.08. The van der Waals surface area contributed by atoms with Crippen molar-refractivity contribution in [2.75, 3.05) is 6.61 Å². The van der Waals surface area contributed by atoms with Crippen molar-refractivity contribution >= 4 is 5.97 Å². The van der Waals surface area contributed by atoms with Crippen LogP contribution in [-0.2, 0) is 22.5 Å². The van der Waals surface area contributed by atoms with E-state index >= 15 is 0 Å². The van der Waals surface area contributed by atoms with Gasteiger partial charge in [0.1, 0.15) is 0 Å². The molecule has 1 heterocycles. The van der Waals surface area contributed by atoms with Gasteiger partial charge in [-0.15, -0.1) is 0 Å². The summed E-state index contributed by atoms with van der Waals surface area (Å²) in [5.41, 5.74) is 3.03. The van der Waals surface area contributed by atoms with Crippen LogP contribution >= 0.6 is 0 Å². The van der Waals surface area contributed by atoms with Gasteiger partial charge in [0.15, 0.2) is 0 Å². The Balaban J connectivity index is 2.77. The number of aryl methyl sites for hydroxylation is 2. The highest BCUT2D eigenvalue weighted by atomic mass is 16.5. The second-order valence-electron chi connectivity index (χ2n) is 5.04. The lowest BCUT2D eigenvalue weighted by molar-refractivity contribution is -0.142. The van der Waals surface area contributed by atoms with E-state index in [-0.39, 0.29) is 5.97 Å². The number of rotatable bonds is 6. The van der Waals surface area contributed by atoms with Crippen LogP contribution in [0.4, 0.5) is 0 Å². The van der Waals surface area contributed by atoms with Gasteiger partial charge in [0.25, 0.3) is 0 Å². The lowest BCUT2D eigenvalue weighted by Gasteiger charge is -2.07. The lowest BCUT2D eigenvalue weighted by Crippen LogP contribution is -2.09. The van der Waals surface area contributed by atoms with Gasteiger partial charge in [-0.2, -0.15) is 5.10 Å². The molecule has 0 aliphatic carbocycles. The van der Waals surface area contributed by atoms with E-state index in [2.05, 4.69) is 18.9 Å². The third kappa shape index (κ3) is 3.86. The van der Waals surface area contributed by atoms with Crippen molar-refractivity contribution in [2.45, 2.75) is 54.0 Å². The molecule has 1 aromatic rings. The van der Waals surface area contributed by atoms with E-state index in [1.807, 2.05) is 25.5 Å². The Hall–Kier alpha value is -1.32. The molecule has 0 N–H and O–H groups in total. The minimum Gasteiger partial charge on any atom is -0.466 e. The summed E-state index contributed by atoms with van der Waals surface area (Å²) in [6, 6.07) is 0. The minimum absolute atomic E-state index is 0.174. The predicted molar refractivity (Wildman–Crippen MR) is 71.5 cm³/mol. The molecule has 18 heavy (non-hydrogen) atoms. The van der Waals surface area contributed by atoms with Gasteiger partial charge in [-0.05, 0) is 33.1 Å². The van der Waals surface area contributed by atoms with Gasteiger partial charge in [-0.25, -0.2) is 0 Å². The van der Waals surface area contributed by atoms with Crippen molar-refractivity contribution < 1.29 is 9.53 Å². The summed E-state index contributed by atoms with van der Waals surface area (Å²) in [5, 5.41) is 4.50. The van der Waals surface area contributed by atoms with E-state index in [4.69, 9.17) is 4.74 Å². The summed E-state index contributed by atoms with van der Waals surface area (Å²) in [6.45, 7) is 11.5. The molecule has 0 unspecified atom stereocenters. The zero-order chi connectivity index (χ0) is 13.7. The molecular weight excluding hydrogens is 228 g/mol. The maximum Gasteiger partial charge on any atom is 0.310 e. The van der Waals surface area contributed by atoms with Crippen molar-refractivity contribution in [3.8, 4) is 0 Å². The summed E-state index contributed by atoms with van der Waals surface area (Å²) in [6.07, 6.45) is 1.42. The molecule has 0 atom stereocenters. The van der Waals surface area contributed by atoms with Crippen LogP contribution in [0.2, 0.25) is 0 Å². The van der Waals surface area contributed by atoms with E-state index in [0.29, 0.717) is 18.9 Å². The SMILES string of the molecule is CCOC(=O)Cc1c(C)nn(CCC(C)C)c1C. The van der Waals surface area contributed by atoms with Crippen LogP contribution in [0, 0.1) is 19.8 Å². The number of esters is 1. The van der Waals surface area contributed by atoms with Crippen molar-refractivity contribution in [1.29, 1.82) is 0 Å². The summed E-state index contributed by atoms with van der Waals surface area (Å²) >= 11 is 0. The molecule has 0 amide bonds. The summed E-state index contributed by atoms with van der Waals surface area (Å²) in [4.78, 5) is 11.5. The maximum absolute atomic E-state index is 11.5. The largest absolute Gasteiger partial charge is 0.466 e. The molecule has 0 bridgehead atoms. The second kappa shape index (κ2) is 6.57. The van der Waals surface area contributed by atoms with Crippen LogP contribution in [0.5, 0.6) is 0 Å². The Bertz CT molecular complexity index is 408. The first-order valence-corrected chi connectivity index (χ1v) is 6.64. The molecule has 0 saturated carbocycles. The topological polar surface area (TPSA) is 44.1 Å².